The number of hydrogen-bond donors (Lipinski definition) is 2. The van der Waals surface area contributed by atoms with Crippen LogP contribution in [0.2, 0.25) is 0 Å². The molecular weight excluding hydrogens is 464 g/mol. The van der Waals surface area contributed by atoms with E-state index in [0.29, 0.717) is 48.7 Å². The molecule has 0 saturated carbocycles. The Hall–Kier alpha value is -4.20. The van der Waals surface area contributed by atoms with Gasteiger partial charge in [-0.25, -0.2) is 9.59 Å². The van der Waals surface area contributed by atoms with E-state index in [4.69, 9.17) is 18.9 Å². The Morgan fingerprint density at radius 1 is 0.556 bits per heavy atom. The van der Waals surface area contributed by atoms with E-state index in [1.54, 1.807) is 50.6 Å². The van der Waals surface area contributed by atoms with Gasteiger partial charge in [0.2, 0.25) is 0 Å². The van der Waals surface area contributed by atoms with Gasteiger partial charge in [0.05, 0.1) is 28.4 Å². The SMILES string of the molecule is COc1cc(OC)c(CCc2ccc(C(=O)O)c(OC)c2)cc1CCc1ccc(C(=O)O)c(OC)c1. The van der Waals surface area contributed by atoms with Gasteiger partial charge in [-0.2, -0.15) is 0 Å². The third-order valence-electron chi connectivity index (χ3n) is 6.04. The molecule has 0 spiro atoms. The number of ether oxygens (including phenoxy) is 4. The quantitative estimate of drug-likeness (QED) is 0.373. The Bertz CT molecular complexity index is 1160. The summed E-state index contributed by atoms with van der Waals surface area (Å²) in [5.74, 6) is -0.00182. The summed E-state index contributed by atoms with van der Waals surface area (Å²) in [6, 6.07) is 14.1. The molecule has 0 aliphatic heterocycles. The maximum atomic E-state index is 11.4. The van der Waals surface area contributed by atoms with E-state index in [1.807, 2.05) is 6.07 Å². The Morgan fingerprint density at radius 3 is 1.28 bits per heavy atom. The molecule has 0 unspecified atom stereocenters. The first-order chi connectivity index (χ1) is 17.3. The van der Waals surface area contributed by atoms with Gasteiger partial charge in [-0.1, -0.05) is 12.1 Å². The molecule has 2 N–H and O–H groups in total. The van der Waals surface area contributed by atoms with Gasteiger partial charge in [-0.3, -0.25) is 0 Å². The van der Waals surface area contributed by atoms with Gasteiger partial charge in [0.15, 0.2) is 0 Å². The number of aryl methyl sites for hydroxylation is 4. The summed E-state index contributed by atoms with van der Waals surface area (Å²) in [6.07, 6.45) is 2.65. The molecule has 8 nitrogen and oxygen atoms in total. The second-order valence-corrected chi connectivity index (χ2v) is 8.16. The summed E-state index contributed by atoms with van der Waals surface area (Å²) in [7, 11) is 6.13. The summed E-state index contributed by atoms with van der Waals surface area (Å²) < 4.78 is 21.7. The average Bonchev–Trinajstić information content (AvgIpc) is 2.89. The van der Waals surface area contributed by atoms with Crippen LogP contribution in [0.3, 0.4) is 0 Å². The van der Waals surface area contributed by atoms with Crippen molar-refractivity contribution in [3.8, 4) is 23.0 Å². The highest BCUT2D eigenvalue weighted by molar-refractivity contribution is 5.91. The molecule has 190 valence electrons. The number of methoxy groups -OCH3 is 4. The van der Waals surface area contributed by atoms with E-state index in [0.717, 1.165) is 22.3 Å². The third kappa shape index (κ3) is 6.07. The lowest BCUT2D eigenvalue weighted by Crippen LogP contribution is -2.04. The number of aromatic carboxylic acids is 2. The predicted octanol–water partition coefficient (Wildman–Crippen LogP) is 4.69. The number of hydrogen-bond acceptors (Lipinski definition) is 6. The smallest absolute Gasteiger partial charge is 0.339 e. The molecule has 0 aliphatic rings. The van der Waals surface area contributed by atoms with Crippen molar-refractivity contribution in [1.29, 1.82) is 0 Å². The van der Waals surface area contributed by atoms with E-state index in [1.165, 1.54) is 14.2 Å². The van der Waals surface area contributed by atoms with Crippen molar-refractivity contribution in [2.75, 3.05) is 28.4 Å². The lowest BCUT2D eigenvalue weighted by Gasteiger charge is -2.16. The molecule has 0 amide bonds. The second kappa shape index (κ2) is 12.0. The molecule has 3 aromatic rings. The third-order valence-corrected chi connectivity index (χ3v) is 6.04. The molecule has 0 fully saturated rings. The molecule has 3 aromatic carbocycles. The molecule has 0 aliphatic carbocycles. The number of carboxylic acid groups (broad SMARTS) is 2. The van der Waals surface area contributed by atoms with Crippen LogP contribution in [0.4, 0.5) is 0 Å². The van der Waals surface area contributed by atoms with Crippen LogP contribution in [0.5, 0.6) is 23.0 Å². The number of carbonyl (C=O) groups is 2. The summed E-state index contributed by atoms with van der Waals surface area (Å²) >= 11 is 0. The highest BCUT2D eigenvalue weighted by Crippen LogP contribution is 2.32. The molecule has 8 heteroatoms. The van der Waals surface area contributed by atoms with Crippen molar-refractivity contribution in [2.24, 2.45) is 0 Å². The first kappa shape index (κ1) is 26.4. The van der Waals surface area contributed by atoms with E-state index in [2.05, 4.69) is 6.07 Å². The molecular formula is C28H30O8. The lowest BCUT2D eigenvalue weighted by molar-refractivity contribution is 0.0682. The molecule has 0 heterocycles. The largest absolute Gasteiger partial charge is 0.496 e. The maximum Gasteiger partial charge on any atom is 0.339 e. The fourth-order valence-corrected chi connectivity index (χ4v) is 4.12. The molecule has 0 atom stereocenters. The van der Waals surface area contributed by atoms with Crippen LogP contribution in [0, 0.1) is 0 Å². The van der Waals surface area contributed by atoms with Crippen molar-refractivity contribution in [1.82, 2.24) is 0 Å². The van der Waals surface area contributed by atoms with Crippen LogP contribution < -0.4 is 18.9 Å². The van der Waals surface area contributed by atoms with Gasteiger partial charge in [0.25, 0.3) is 0 Å². The number of carboxylic acids is 2. The standard InChI is InChI=1S/C28H30O8/c1-33-23-16-24(34-2)20(10-6-18-8-12-22(28(31)32)26(14-18)36-4)15-19(23)9-5-17-7-11-21(27(29)30)25(13-17)35-3/h7-8,11-16H,5-6,9-10H2,1-4H3,(H,29,30)(H,31,32). The molecule has 0 saturated heterocycles. The normalized spacial score (nSPS) is 10.6. The van der Waals surface area contributed by atoms with Crippen molar-refractivity contribution in [3.63, 3.8) is 0 Å². The van der Waals surface area contributed by atoms with E-state index in [9.17, 15) is 19.8 Å². The Balaban J connectivity index is 1.82. The van der Waals surface area contributed by atoms with Crippen molar-refractivity contribution in [3.05, 3.63) is 81.9 Å². The van der Waals surface area contributed by atoms with Gasteiger partial charge >= 0.3 is 11.9 Å². The van der Waals surface area contributed by atoms with Gasteiger partial charge in [0.1, 0.15) is 34.1 Å². The van der Waals surface area contributed by atoms with E-state index < -0.39 is 11.9 Å². The zero-order chi connectivity index (χ0) is 26.2. The Morgan fingerprint density at radius 2 is 0.944 bits per heavy atom. The number of rotatable bonds is 12. The van der Waals surface area contributed by atoms with Crippen molar-refractivity contribution < 1.29 is 38.7 Å². The van der Waals surface area contributed by atoms with Crippen LogP contribution in [0.25, 0.3) is 0 Å². The van der Waals surface area contributed by atoms with Gasteiger partial charge in [0, 0.05) is 6.07 Å². The van der Waals surface area contributed by atoms with Crippen LogP contribution in [-0.4, -0.2) is 50.6 Å². The van der Waals surface area contributed by atoms with Crippen molar-refractivity contribution in [2.45, 2.75) is 25.7 Å². The second-order valence-electron chi connectivity index (χ2n) is 8.16. The van der Waals surface area contributed by atoms with Crippen LogP contribution in [0.1, 0.15) is 43.0 Å². The molecule has 0 aromatic heterocycles. The molecule has 3 rings (SSSR count). The van der Waals surface area contributed by atoms with Crippen LogP contribution in [0.15, 0.2) is 48.5 Å². The highest BCUT2D eigenvalue weighted by Gasteiger charge is 2.15. The monoisotopic (exact) mass is 494 g/mol. The van der Waals surface area contributed by atoms with E-state index in [-0.39, 0.29) is 11.1 Å². The fraction of sp³-hybridized carbons (Fsp3) is 0.286. The highest BCUT2D eigenvalue weighted by atomic mass is 16.5. The summed E-state index contributed by atoms with van der Waals surface area (Å²) in [4.78, 5) is 22.7. The average molecular weight is 495 g/mol. The molecule has 0 bridgehead atoms. The maximum absolute atomic E-state index is 11.4. The molecule has 0 radical (unpaired) electrons. The predicted molar refractivity (Wildman–Crippen MR) is 134 cm³/mol. The minimum Gasteiger partial charge on any atom is -0.496 e. The van der Waals surface area contributed by atoms with Gasteiger partial charge in [-0.05, 0) is 78.3 Å². The minimum absolute atomic E-state index is 0.124. The summed E-state index contributed by atoms with van der Waals surface area (Å²) in [5, 5.41) is 18.6. The van der Waals surface area contributed by atoms with Crippen molar-refractivity contribution >= 4 is 11.9 Å². The van der Waals surface area contributed by atoms with Gasteiger partial charge in [-0.15, -0.1) is 0 Å². The fourth-order valence-electron chi connectivity index (χ4n) is 4.12. The first-order valence-electron chi connectivity index (χ1n) is 11.3. The van der Waals surface area contributed by atoms with Crippen LogP contribution in [-0.2, 0) is 25.7 Å². The van der Waals surface area contributed by atoms with Gasteiger partial charge < -0.3 is 29.2 Å². The molecule has 36 heavy (non-hydrogen) atoms. The Labute approximate surface area is 210 Å². The summed E-state index contributed by atoms with van der Waals surface area (Å²) in [5.41, 5.74) is 4.13. The topological polar surface area (TPSA) is 112 Å². The first-order valence-corrected chi connectivity index (χ1v) is 11.3. The zero-order valence-corrected chi connectivity index (χ0v) is 20.8. The summed E-state index contributed by atoms with van der Waals surface area (Å²) in [6.45, 7) is 0. The van der Waals surface area contributed by atoms with E-state index >= 15 is 0 Å². The number of benzene rings is 3. The lowest BCUT2D eigenvalue weighted by atomic mass is 9.96. The minimum atomic E-state index is -1.03. The Kier molecular flexibility index (Phi) is 8.78. The van der Waals surface area contributed by atoms with Crippen LogP contribution >= 0.6 is 0 Å². The zero-order valence-electron chi connectivity index (χ0n) is 20.8.